The second kappa shape index (κ2) is 12.4. The number of phenolic OH excluding ortho intramolecular Hbond substituents is 1. The normalized spacial score (nSPS) is 10.6. The highest BCUT2D eigenvalue weighted by molar-refractivity contribution is 9.10. The summed E-state index contributed by atoms with van der Waals surface area (Å²) in [5.74, 6) is 0.0375. The third-order valence-electron chi connectivity index (χ3n) is 4.70. The van der Waals surface area contributed by atoms with Crippen LogP contribution in [0.3, 0.4) is 0 Å². The number of amides is 1. The maximum Gasteiger partial charge on any atom is 0.338 e. The van der Waals surface area contributed by atoms with Gasteiger partial charge in [0.25, 0.3) is 0 Å². The van der Waals surface area contributed by atoms with Crippen molar-refractivity contribution < 1.29 is 19.4 Å². The van der Waals surface area contributed by atoms with Gasteiger partial charge >= 0.3 is 5.97 Å². The molecule has 2 N–H and O–H groups in total. The summed E-state index contributed by atoms with van der Waals surface area (Å²) in [5, 5.41) is 22.0. The van der Waals surface area contributed by atoms with Gasteiger partial charge in [-0.2, -0.15) is 0 Å². The van der Waals surface area contributed by atoms with E-state index in [-0.39, 0.29) is 23.4 Å². The number of thioether (sulfide) groups is 1. The van der Waals surface area contributed by atoms with E-state index >= 15 is 0 Å². The minimum Gasteiger partial charge on any atom is -0.507 e. The lowest BCUT2D eigenvalue weighted by Crippen LogP contribution is -2.15. The summed E-state index contributed by atoms with van der Waals surface area (Å²) >= 11 is 4.62. The zero-order valence-electron chi connectivity index (χ0n) is 18.7. The van der Waals surface area contributed by atoms with Crippen LogP contribution in [0.1, 0.15) is 30.1 Å². The van der Waals surface area contributed by atoms with Crippen LogP contribution in [0.5, 0.6) is 5.75 Å². The predicted molar refractivity (Wildman–Crippen MR) is 136 cm³/mol. The number of phenols is 1. The van der Waals surface area contributed by atoms with Gasteiger partial charge in [0, 0.05) is 16.7 Å². The molecule has 0 radical (unpaired) electrons. The van der Waals surface area contributed by atoms with E-state index in [2.05, 4.69) is 38.0 Å². The first-order valence-electron chi connectivity index (χ1n) is 10.7. The largest absolute Gasteiger partial charge is 0.507 e. The van der Waals surface area contributed by atoms with Gasteiger partial charge in [-0.05, 0) is 48.9 Å². The monoisotopic (exact) mass is 544 g/mol. The second-order valence-corrected chi connectivity index (χ2v) is 9.13. The van der Waals surface area contributed by atoms with Gasteiger partial charge in [0.05, 0.1) is 23.5 Å². The second-order valence-electron chi connectivity index (χ2n) is 7.27. The van der Waals surface area contributed by atoms with E-state index in [0.717, 1.165) is 17.3 Å². The number of nitrogens with one attached hydrogen (secondary N) is 1. The first-order chi connectivity index (χ1) is 16.4. The fourth-order valence-corrected chi connectivity index (χ4v) is 4.09. The molecule has 0 spiro atoms. The number of nitrogens with zero attached hydrogens (tertiary/aromatic N) is 3. The summed E-state index contributed by atoms with van der Waals surface area (Å²) in [5.41, 5.74) is 1.53. The molecule has 0 aliphatic heterocycles. The van der Waals surface area contributed by atoms with Gasteiger partial charge < -0.3 is 15.2 Å². The highest BCUT2D eigenvalue weighted by atomic mass is 79.9. The fraction of sp³-hybridized carbons (Fsp3) is 0.250. The number of benzene rings is 2. The SMILES string of the molecule is C=CCn1c(SCC(=O)Nc2ccc(C(=O)OCCCC)cc2)nnc1-c1cc(Br)ccc1O. The topological polar surface area (TPSA) is 106 Å². The molecule has 8 nitrogen and oxygen atoms in total. The lowest BCUT2D eigenvalue weighted by atomic mass is 10.2. The van der Waals surface area contributed by atoms with E-state index in [1.165, 1.54) is 11.8 Å². The zero-order chi connectivity index (χ0) is 24.5. The molecule has 0 saturated heterocycles. The van der Waals surface area contributed by atoms with Crippen molar-refractivity contribution in [1.82, 2.24) is 14.8 Å². The number of hydrogen-bond donors (Lipinski definition) is 2. The van der Waals surface area contributed by atoms with Crippen LogP contribution >= 0.6 is 27.7 Å². The van der Waals surface area contributed by atoms with Crippen molar-refractivity contribution in [2.75, 3.05) is 17.7 Å². The number of hydrogen-bond acceptors (Lipinski definition) is 7. The van der Waals surface area contributed by atoms with Gasteiger partial charge in [0.1, 0.15) is 5.75 Å². The molecule has 0 saturated carbocycles. The average Bonchev–Trinajstić information content (AvgIpc) is 3.22. The van der Waals surface area contributed by atoms with E-state index in [4.69, 9.17) is 4.74 Å². The van der Waals surface area contributed by atoms with Gasteiger partial charge in [-0.25, -0.2) is 4.79 Å². The Morgan fingerprint density at radius 2 is 2.00 bits per heavy atom. The van der Waals surface area contributed by atoms with E-state index in [1.807, 2.05) is 6.92 Å². The van der Waals surface area contributed by atoms with Crippen LogP contribution in [-0.4, -0.2) is 44.1 Å². The molecule has 3 aromatic rings. The van der Waals surface area contributed by atoms with Crippen LogP contribution in [0.2, 0.25) is 0 Å². The molecule has 0 unspecified atom stereocenters. The summed E-state index contributed by atoms with van der Waals surface area (Å²) in [7, 11) is 0. The predicted octanol–water partition coefficient (Wildman–Crippen LogP) is 5.29. The van der Waals surface area contributed by atoms with Crippen LogP contribution in [0, 0.1) is 0 Å². The molecule has 1 heterocycles. The van der Waals surface area contributed by atoms with Crippen molar-refractivity contribution in [2.24, 2.45) is 0 Å². The Bertz CT molecular complexity index is 1160. The molecule has 10 heteroatoms. The number of carbonyl (C=O) groups is 2. The number of ether oxygens (including phenoxy) is 1. The fourth-order valence-electron chi connectivity index (χ4n) is 2.99. The Labute approximate surface area is 210 Å². The summed E-state index contributed by atoms with van der Waals surface area (Å²) in [6, 6.07) is 11.6. The van der Waals surface area contributed by atoms with Gasteiger partial charge in [0.2, 0.25) is 5.91 Å². The quantitative estimate of drug-likeness (QED) is 0.146. The highest BCUT2D eigenvalue weighted by Crippen LogP contribution is 2.32. The van der Waals surface area contributed by atoms with Gasteiger partial charge in [-0.1, -0.05) is 47.1 Å². The van der Waals surface area contributed by atoms with E-state index in [1.54, 1.807) is 53.1 Å². The molecule has 178 valence electrons. The molecular formula is C24H25BrN4O4S. The van der Waals surface area contributed by atoms with E-state index in [0.29, 0.717) is 40.9 Å². The number of allylic oxidation sites excluding steroid dienone is 1. The number of aromatic hydroxyl groups is 1. The first kappa shape index (κ1) is 25.5. The van der Waals surface area contributed by atoms with Crippen molar-refractivity contribution in [1.29, 1.82) is 0 Å². The van der Waals surface area contributed by atoms with Gasteiger partial charge in [-0.15, -0.1) is 16.8 Å². The van der Waals surface area contributed by atoms with Crippen LogP contribution in [-0.2, 0) is 16.1 Å². The third kappa shape index (κ3) is 6.71. The molecule has 0 aliphatic carbocycles. The average molecular weight is 545 g/mol. The maximum absolute atomic E-state index is 12.5. The third-order valence-corrected chi connectivity index (χ3v) is 6.16. The molecule has 1 amide bonds. The summed E-state index contributed by atoms with van der Waals surface area (Å²) in [4.78, 5) is 24.5. The number of anilines is 1. The first-order valence-corrected chi connectivity index (χ1v) is 12.4. The van der Waals surface area contributed by atoms with Crippen molar-refractivity contribution in [2.45, 2.75) is 31.5 Å². The van der Waals surface area contributed by atoms with Crippen molar-refractivity contribution >= 4 is 45.3 Å². The maximum atomic E-state index is 12.5. The molecule has 0 bridgehead atoms. The Hall–Kier alpha value is -3.11. The number of carbonyl (C=O) groups excluding carboxylic acids is 2. The van der Waals surface area contributed by atoms with E-state index in [9.17, 15) is 14.7 Å². The van der Waals surface area contributed by atoms with Gasteiger partial charge in [-0.3, -0.25) is 9.36 Å². The molecule has 0 fully saturated rings. The molecular weight excluding hydrogens is 520 g/mol. The van der Waals surface area contributed by atoms with Crippen molar-refractivity contribution in [3.05, 3.63) is 65.2 Å². The Morgan fingerprint density at radius 3 is 2.71 bits per heavy atom. The van der Waals surface area contributed by atoms with Crippen LogP contribution in [0.25, 0.3) is 11.4 Å². The summed E-state index contributed by atoms with van der Waals surface area (Å²) in [6.07, 6.45) is 3.47. The standard InChI is InChI=1S/C24H25BrN4O4S/c1-3-5-13-33-23(32)16-6-9-18(10-7-16)26-21(31)15-34-24-28-27-22(29(24)12-4-2)19-14-17(25)8-11-20(19)30/h4,6-11,14,30H,2-3,5,12-13,15H2,1H3,(H,26,31). The van der Waals surface area contributed by atoms with Crippen LogP contribution in [0.4, 0.5) is 5.69 Å². The number of esters is 1. The number of unbranched alkanes of at least 4 members (excludes halogenated alkanes) is 1. The van der Waals surface area contributed by atoms with Crippen LogP contribution < -0.4 is 5.32 Å². The van der Waals surface area contributed by atoms with Crippen molar-refractivity contribution in [3.63, 3.8) is 0 Å². The Balaban J connectivity index is 1.62. The minimum atomic E-state index is -0.379. The molecule has 34 heavy (non-hydrogen) atoms. The van der Waals surface area contributed by atoms with Crippen molar-refractivity contribution in [3.8, 4) is 17.1 Å². The number of aromatic nitrogens is 3. The lowest BCUT2D eigenvalue weighted by molar-refractivity contribution is -0.113. The van der Waals surface area contributed by atoms with Crippen LogP contribution in [0.15, 0.2) is 64.7 Å². The molecule has 0 aliphatic rings. The number of rotatable bonds is 11. The number of halogens is 1. The Kier molecular flexibility index (Phi) is 9.29. The van der Waals surface area contributed by atoms with Gasteiger partial charge in [0.15, 0.2) is 11.0 Å². The molecule has 2 aromatic carbocycles. The summed E-state index contributed by atoms with van der Waals surface area (Å²) < 4.78 is 7.76. The highest BCUT2D eigenvalue weighted by Gasteiger charge is 2.18. The summed E-state index contributed by atoms with van der Waals surface area (Å²) in [6.45, 7) is 6.60. The molecule has 0 atom stereocenters. The molecule has 3 rings (SSSR count). The minimum absolute atomic E-state index is 0.0768. The lowest BCUT2D eigenvalue weighted by Gasteiger charge is -2.10. The van der Waals surface area contributed by atoms with E-state index < -0.39 is 0 Å². The molecule has 1 aromatic heterocycles. The smallest absolute Gasteiger partial charge is 0.338 e. The Morgan fingerprint density at radius 1 is 1.24 bits per heavy atom. The zero-order valence-corrected chi connectivity index (χ0v) is 21.1.